The molecule has 1 aromatic carbocycles. The van der Waals surface area contributed by atoms with E-state index >= 15 is 0 Å². The van der Waals surface area contributed by atoms with E-state index < -0.39 is 0 Å². The summed E-state index contributed by atoms with van der Waals surface area (Å²) in [6.07, 6.45) is 0. The molecule has 5 nitrogen and oxygen atoms in total. The van der Waals surface area contributed by atoms with Crippen LogP contribution in [0.5, 0.6) is 5.75 Å². The summed E-state index contributed by atoms with van der Waals surface area (Å²) in [4.78, 5) is 7.75. The van der Waals surface area contributed by atoms with Gasteiger partial charge in [0, 0.05) is 17.0 Å². The number of aromatic nitrogens is 2. The van der Waals surface area contributed by atoms with E-state index in [1.807, 2.05) is 43.4 Å². The Balaban J connectivity index is 1.64. The first-order valence-corrected chi connectivity index (χ1v) is 8.23. The molecule has 7 heteroatoms. The van der Waals surface area contributed by atoms with Gasteiger partial charge < -0.3 is 9.26 Å². The third kappa shape index (κ3) is 4.10. The van der Waals surface area contributed by atoms with Crippen LogP contribution in [0.25, 0.3) is 11.4 Å². The van der Waals surface area contributed by atoms with E-state index in [9.17, 15) is 0 Å². The quantitative estimate of drug-likeness (QED) is 0.670. The van der Waals surface area contributed by atoms with Gasteiger partial charge in [0.05, 0.1) is 18.0 Å². The van der Waals surface area contributed by atoms with Crippen LogP contribution in [0.15, 0.2) is 40.9 Å². The molecule has 0 saturated heterocycles. The van der Waals surface area contributed by atoms with Gasteiger partial charge >= 0.3 is 0 Å². The maximum atomic E-state index is 5.95. The molecule has 3 rings (SSSR count). The van der Waals surface area contributed by atoms with Crippen LogP contribution in [0.1, 0.15) is 10.8 Å². The van der Waals surface area contributed by atoms with Crippen molar-refractivity contribution in [2.75, 3.05) is 14.2 Å². The van der Waals surface area contributed by atoms with Gasteiger partial charge in [-0.15, -0.1) is 11.3 Å². The summed E-state index contributed by atoms with van der Waals surface area (Å²) >= 11 is 7.52. The predicted octanol–water partition coefficient (Wildman–Crippen LogP) is 4.09. The first-order chi connectivity index (χ1) is 11.1. The number of ether oxygens (including phenoxy) is 1. The van der Waals surface area contributed by atoms with E-state index in [0.29, 0.717) is 18.3 Å². The van der Waals surface area contributed by atoms with Crippen LogP contribution in [0.4, 0.5) is 0 Å². The molecule has 0 spiro atoms. The summed E-state index contributed by atoms with van der Waals surface area (Å²) in [7, 11) is 3.64. The van der Waals surface area contributed by atoms with Crippen molar-refractivity contribution in [3.8, 4) is 17.1 Å². The Labute approximate surface area is 143 Å². The van der Waals surface area contributed by atoms with E-state index in [1.54, 1.807) is 18.4 Å². The second-order valence-corrected chi connectivity index (χ2v) is 6.92. The molecule has 0 radical (unpaired) electrons. The highest BCUT2D eigenvalue weighted by molar-refractivity contribution is 7.16. The van der Waals surface area contributed by atoms with Gasteiger partial charge in [-0.05, 0) is 43.4 Å². The molecule has 0 aliphatic rings. The molecule has 0 aliphatic heterocycles. The Bertz CT molecular complexity index is 770. The second kappa shape index (κ2) is 7.12. The molecule has 0 atom stereocenters. The molecular weight excluding hydrogens is 334 g/mol. The summed E-state index contributed by atoms with van der Waals surface area (Å²) in [5, 5.41) is 4.03. The Morgan fingerprint density at radius 2 is 1.96 bits per heavy atom. The van der Waals surface area contributed by atoms with Crippen LogP contribution in [-0.2, 0) is 13.1 Å². The largest absolute Gasteiger partial charge is 0.497 e. The monoisotopic (exact) mass is 349 g/mol. The molecule has 2 aromatic heterocycles. The highest BCUT2D eigenvalue weighted by Gasteiger charge is 2.12. The van der Waals surface area contributed by atoms with Crippen LogP contribution < -0.4 is 4.74 Å². The number of nitrogens with zero attached hydrogens (tertiary/aromatic N) is 3. The van der Waals surface area contributed by atoms with Gasteiger partial charge in [0.2, 0.25) is 11.7 Å². The Morgan fingerprint density at radius 3 is 2.61 bits per heavy atom. The van der Waals surface area contributed by atoms with Crippen LogP contribution in [0, 0.1) is 0 Å². The van der Waals surface area contributed by atoms with Crippen molar-refractivity contribution in [3.63, 3.8) is 0 Å². The van der Waals surface area contributed by atoms with Crippen LogP contribution in [0.2, 0.25) is 4.34 Å². The molecule has 0 fully saturated rings. The third-order valence-electron chi connectivity index (χ3n) is 3.28. The number of benzene rings is 1. The highest BCUT2D eigenvalue weighted by Crippen LogP contribution is 2.23. The van der Waals surface area contributed by atoms with Gasteiger partial charge in [-0.3, -0.25) is 4.90 Å². The van der Waals surface area contributed by atoms with Gasteiger partial charge in [0.15, 0.2) is 0 Å². The van der Waals surface area contributed by atoms with Gasteiger partial charge in [-0.2, -0.15) is 4.98 Å². The van der Waals surface area contributed by atoms with Gasteiger partial charge in [0.25, 0.3) is 0 Å². The van der Waals surface area contributed by atoms with E-state index in [1.165, 1.54) is 4.88 Å². The first-order valence-electron chi connectivity index (χ1n) is 7.04. The molecule has 3 aromatic rings. The second-order valence-electron chi connectivity index (χ2n) is 5.12. The molecule has 0 bridgehead atoms. The SMILES string of the molecule is COc1ccc(-c2noc(CN(C)Cc3ccc(Cl)s3)n2)cc1. The number of thiophene rings is 1. The lowest BCUT2D eigenvalue weighted by Crippen LogP contribution is -2.16. The highest BCUT2D eigenvalue weighted by atomic mass is 35.5. The topological polar surface area (TPSA) is 51.4 Å². The Morgan fingerprint density at radius 1 is 1.17 bits per heavy atom. The average molecular weight is 350 g/mol. The molecule has 0 aliphatic carbocycles. The van der Waals surface area contributed by atoms with E-state index in [2.05, 4.69) is 15.0 Å². The zero-order valence-electron chi connectivity index (χ0n) is 12.8. The maximum Gasteiger partial charge on any atom is 0.241 e. The number of hydrogen-bond donors (Lipinski definition) is 0. The number of rotatable bonds is 6. The average Bonchev–Trinajstić information content (AvgIpc) is 3.16. The molecule has 0 amide bonds. The summed E-state index contributed by atoms with van der Waals surface area (Å²) < 4.78 is 11.3. The van der Waals surface area contributed by atoms with E-state index in [-0.39, 0.29) is 0 Å². The lowest BCUT2D eigenvalue weighted by molar-refractivity contribution is 0.262. The molecule has 23 heavy (non-hydrogen) atoms. The minimum absolute atomic E-state index is 0.579. The van der Waals surface area contributed by atoms with Crippen molar-refractivity contribution < 1.29 is 9.26 Å². The van der Waals surface area contributed by atoms with Gasteiger partial charge in [-0.25, -0.2) is 0 Å². The van der Waals surface area contributed by atoms with Crippen molar-refractivity contribution in [1.82, 2.24) is 15.0 Å². The zero-order chi connectivity index (χ0) is 16.2. The number of methoxy groups -OCH3 is 1. The Hall–Kier alpha value is -1.89. The van der Waals surface area contributed by atoms with Crippen LogP contribution in [-0.4, -0.2) is 29.2 Å². The van der Waals surface area contributed by atoms with Crippen molar-refractivity contribution in [1.29, 1.82) is 0 Å². The normalized spacial score (nSPS) is 11.1. The standard InChI is InChI=1S/C16H16ClN3O2S/c1-20(9-13-7-8-14(17)23-13)10-15-18-16(19-22-15)11-3-5-12(21-2)6-4-11/h3-8H,9-10H2,1-2H3. The molecule has 0 N–H and O–H groups in total. The maximum absolute atomic E-state index is 5.95. The van der Waals surface area contributed by atoms with Crippen molar-refractivity contribution in [3.05, 3.63) is 51.5 Å². The lowest BCUT2D eigenvalue weighted by atomic mass is 10.2. The number of hydrogen-bond acceptors (Lipinski definition) is 6. The van der Waals surface area contributed by atoms with Gasteiger partial charge in [0.1, 0.15) is 5.75 Å². The van der Waals surface area contributed by atoms with Crippen molar-refractivity contribution in [2.45, 2.75) is 13.1 Å². The fraction of sp³-hybridized carbons (Fsp3) is 0.250. The molecule has 0 saturated carbocycles. The smallest absolute Gasteiger partial charge is 0.241 e. The molecule has 0 unspecified atom stereocenters. The molecule has 120 valence electrons. The fourth-order valence-electron chi connectivity index (χ4n) is 2.17. The summed E-state index contributed by atoms with van der Waals surface area (Å²) in [5.74, 6) is 1.96. The zero-order valence-corrected chi connectivity index (χ0v) is 14.4. The van der Waals surface area contributed by atoms with Crippen molar-refractivity contribution >= 4 is 22.9 Å². The van der Waals surface area contributed by atoms with Crippen molar-refractivity contribution in [2.24, 2.45) is 0 Å². The third-order valence-corrected chi connectivity index (χ3v) is 4.49. The fourth-order valence-corrected chi connectivity index (χ4v) is 3.33. The summed E-state index contributed by atoms with van der Waals surface area (Å²) in [6.45, 7) is 1.37. The lowest BCUT2D eigenvalue weighted by Gasteiger charge is -2.12. The van der Waals surface area contributed by atoms with Crippen LogP contribution >= 0.6 is 22.9 Å². The van der Waals surface area contributed by atoms with Crippen LogP contribution in [0.3, 0.4) is 0 Å². The first kappa shape index (κ1) is 16.0. The minimum Gasteiger partial charge on any atom is -0.497 e. The van der Waals surface area contributed by atoms with Gasteiger partial charge in [-0.1, -0.05) is 16.8 Å². The summed E-state index contributed by atoms with van der Waals surface area (Å²) in [6, 6.07) is 11.5. The minimum atomic E-state index is 0.579. The Kier molecular flexibility index (Phi) is 4.95. The predicted molar refractivity (Wildman–Crippen MR) is 90.8 cm³/mol. The van der Waals surface area contributed by atoms with E-state index in [0.717, 1.165) is 22.2 Å². The molecule has 2 heterocycles. The van der Waals surface area contributed by atoms with E-state index in [4.69, 9.17) is 20.9 Å². The summed E-state index contributed by atoms with van der Waals surface area (Å²) in [5.41, 5.74) is 0.897. The number of halogens is 1. The molecular formula is C16H16ClN3O2S.